The highest BCUT2D eigenvalue weighted by Crippen LogP contribution is 2.23. The zero-order chi connectivity index (χ0) is 13.7. The molecule has 0 spiro atoms. The van der Waals surface area contributed by atoms with E-state index in [2.05, 4.69) is 10.3 Å². The number of nitrogens with zero attached hydrogens (tertiary/aromatic N) is 1. The molecule has 98 valence electrons. The largest absolute Gasteiger partial charge is 0.324 e. The minimum Gasteiger partial charge on any atom is -0.324 e. The van der Waals surface area contributed by atoms with E-state index in [4.69, 9.17) is 11.6 Å². The Kier molecular flexibility index (Phi) is 4.82. The number of benzene rings is 1. The molecule has 2 aromatic rings. The van der Waals surface area contributed by atoms with Crippen LogP contribution in [0.25, 0.3) is 0 Å². The molecule has 0 fully saturated rings. The number of aryl methyl sites for hydroxylation is 1. The molecule has 0 atom stereocenters. The molecule has 1 aromatic heterocycles. The van der Waals surface area contributed by atoms with Gasteiger partial charge in [0.2, 0.25) is 5.91 Å². The highest BCUT2D eigenvalue weighted by molar-refractivity contribution is 7.99. The van der Waals surface area contributed by atoms with Gasteiger partial charge in [-0.15, -0.1) is 0 Å². The fraction of sp³-hybridized carbons (Fsp3) is 0.143. The predicted octanol–water partition coefficient (Wildman–Crippen LogP) is 3.77. The number of halogens is 1. The molecular formula is C14H13ClN2OS. The molecule has 3 nitrogen and oxygen atoms in total. The van der Waals surface area contributed by atoms with Crippen LogP contribution in [-0.2, 0) is 4.79 Å². The lowest BCUT2D eigenvalue weighted by Crippen LogP contribution is -2.14. The lowest BCUT2D eigenvalue weighted by molar-refractivity contribution is -0.113. The summed E-state index contributed by atoms with van der Waals surface area (Å²) in [5.41, 5.74) is 1.70. The van der Waals surface area contributed by atoms with Crippen molar-refractivity contribution in [3.8, 4) is 0 Å². The Morgan fingerprint density at radius 2 is 2.21 bits per heavy atom. The summed E-state index contributed by atoms with van der Waals surface area (Å²) in [5.74, 6) is 0.211. The van der Waals surface area contributed by atoms with Crippen LogP contribution in [0.2, 0.25) is 5.02 Å². The molecule has 0 aliphatic rings. The number of nitrogens with one attached hydrogen (secondary N) is 1. The summed E-state index contributed by atoms with van der Waals surface area (Å²) in [4.78, 5) is 15.9. The van der Waals surface area contributed by atoms with Crippen molar-refractivity contribution < 1.29 is 4.79 Å². The van der Waals surface area contributed by atoms with Crippen molar-refractivity contribution in [2.75, 3.05) is 11.1 Å². The van der Waals surface area contributed by atoms with Gasteiger partial charge < -0.3 is 5.32 Å². The van der Waals surface area contributed by atoms with Gasteiger partial charge in [-0.1, -0.05) is 35.5 Å². The van der Waals surface area contributed by atoms with Crippen LogP contribution in [0.4, 0.5) is 5.69 Å². The number of hydrogen-bond donors (Lipinski definition) is 1. The van der Waals surface area contributed by atoms with Gasteiger partial charge in [0, 0.05) is 6.20 Å². The molecule has 0 saturated heterocycles. The van der Waals surface area contributed by atoms with Gasteiger partial charge in [-0.25, -0.2) is 4.98 Å². The third-order valence-corrected chi connectivity index (χ3v) is 3.64. The summed E-state index contributed by atoms with van der Waals surface area (Å²) in [5, 5.41) is 4.17. The zero-order valence-corrected chi connectivity index (χ0v) is 12.0. The standard InChI is InChI=1S/C14H13ClN2OS/c1-10-5-6-12(11(15)8-10)17-13(18)9-19-14-4-2-3-7-16-14/h2-8H,9H2,1H3,(H,17,18). The van der Waals surface area contributed by atoms with E-state index in [-0.39, 0.29) is 5.91 Å². The average Bonchev–Trinajstić information content (AvgIpc) is 2.41. The lowest BCUT2D eigenvalue weighted by atomic mass is 10.2. The molecule has 5 heteroatoms. The lowest BCUT2D eigenvalue weighted by Gasteiger charge is -2.07. The monoisotopic (exact) mass is 292 g/mol. The summed E-state index contributed by atoms with van der Waals surface area (Å²) in [6.07, 6.45) is 1.71. The normalized spacial score (nSPS) is 10.2. The van der Waals surface area contributed by atoms with Crippen LogP contribution >= 0.6 is 23.4 Å². The quantitative estimate of drug-likeness (QED) is 0.872. The molecule has 1 N–H and O–H groups in total. The number of anilines is 1. The number of carbonyl (C=O) groups is 1. The fourth-order valence-corrected chi connectivity index (χ4v) is 2.42. The summed E-state index contributed by atoms with van der Waals surface area (Å²) in [6.45, 7) is 1.95. The van der Waals surface area contributed by atoms with E-state index >= 15 is 0 Å². The molecule has 1 aromatic carbocycles. The number of amides is 1. The SMILES string of the molecule is Cc1ccc(NC(=O)CSc2ccccn2)c(Cl)c1. The van der Waals surface area contributed by atoms with Crippen molar-refractivity contribution in [1.29, 1.82) is 0 Å². The molecule has 2 rings (SSSR count). The number of aromatic nitrogens is 1. The van der Waals surface area contributed by atoms with Crippen molar-refractivity contribution in [2.45, 2.75) is 11.9 Å². The van der Waals surface area contributed by atoms with Gasteiger partial charge in [-0.05, 0) is 36.8 Å². The third-order valence-electron chi connectivity index (χ3n) is 2.39. The summed E-state index contributed by atoms with van der Waals surface area (Å²) >= 11 is 7.45. The number of carbonyl (C=O) groups excluding carboxylic acids is 1. The van der Waals surface area contributed by atoms with E-state index in [1.54, 1.807) is 12.3 Å². The van der Waals surface area contributed by atoms with Crippen LogP contribution in [0.1, 0.15) is 5.56 Å². The van der Waals surface area contributed by atoms with Gasteiger partial charge in [0.25, 0.3) is 0 Å². The molecule has 0 unspecified atom stereocenters. The van der Waals surface area contributed by atoms with Crippen LogP contribution in [0.3, 0.4) is 0 Å². The Morgan fingerprint density at radius 1 is 1.37 bits per heavy atom. The first kappa shape index (κ1) is 13.9. The zero-order valence-electron chi connectivity index (χ0n) is 10.4. The molecular weight excluding hydrogens is 280 g/mol. The van der Waals surface area contributed by atoms with E-state index in [0.29, 0.717) is 16.5 Å². The number of thioether (sulfide) groups is 1. The number of pyridine rings is 1. The Balaban J connectivity index is 1.91. The van der Waals surface area contributed by atoms with Gasteiger partial charge in [-0.2, -0.15) is 0 Å². The average molecular weight is 293 g/mol. The van der Waals surface area contributed by atoms with Crippen LogP contribution < -0.4 is 5.32 Å². The van der Waals surface area contributed by atoms with E-state index in [1.807, 2.05) is 37.3 Å². The van der Waals surface area contributed by atoms with Crippen LogP contribution in [0, 0.1) is 6.92 Å². The maximum Gasteiger partial charge on any atom is 0.234 e. The number of rotatable bonds is 4. The maximum atomic E-state index is 11.8. The topological polar surface area (TPSA) is 42.0 Å². The van der Waals surface area contributed by atoms with Crippen molar-refractivity contribution in [3.05, 3.63) is 53.2 Å². The smallest absolute Gasteiger partial charge is 0.234 e. The molecule has 0 aliphatic heterocycles. The van der Waals surface area contributed by atoms with Crippen LogP contribution in [-0.4, -0.2) is 16.6 Å². The first-order valence-corrected chi connectivity index (χ1v) is 7.11. The van der Waals surface area contributed by atoms with E-state index in [1.165, 1.54) is 11.8 Å². The van der Waals surface area contributed by atoms with Crippen molar-refractivity contribution in [2.24, 2.45) is 0 Å². The Hall–Kier alpha value is -1.52. The summed E-state index contributed by atoms with van der Waals surface area (Å²) in [7, 11) is 0. The van der Waals surface area contributed by atoms with Gasteiger partial charge in [0.1, 0.15) is 0 Å². The molecule has 19 heavy (non-hydrogen) atoms. The minimum absolute atomic E-state index is 0.0959. The van der Waals surface area contributed by atoms with E-state index in [0.717, 1.165) is 10.6 Å². The molecule has 0 radical (unpaired) electrons. The maximum absolute atomic E-state index is 11.8. The van der Waals surface area contributed by atoms with Gasteiger partial charge in [0.15, 0.2) is 0 Å². The third kappa shape index (κ3) is 4.26. The van der Waals surface area contributed by atoms with Crippen molar-refractivity contribution >= 4 is 35.0 Å². The molecule has 1 amide bonds. The molecule has 0 bridgehead atoms. The highest BCUT2D eigenvalue weighted by atomic mass is 35.5. The molecule has 1 heterocycles. The predicted molar refractivity (Wildman–Crippen MR) is 79.8 cm³/mol. The van der Waals surface area contributed by atoms with Crippen LogP contribution in [0.5, 0.6) is 0 Å². The summed E-state index contributed by atoms with van der Waals surface area (Å²) in [6, 6.07) is 11.1. The highest BCUT2D eigenvalue weighted by Gasteiger charge is 2.07. The van der Waals surface area contributed by atoms with Crippen molar-refractivity contribution in [1.82, 2.24) is 4.98 Å². The van der Waals surface area contributed by atoms with Crippen molar-refractivity contribution in [3.63, 3.8) is 0 Å². The second kappa shape index (κ2) is 6.59. The van der Waals surface area contributed by atoms with Gasteiger partial charge in [0.05, 0.1) is 21.5 Å². The molecule has 0 saturated carbocycles. The first-order chi connectivity index (χ1) is 9.15. The molecule has 0 aliphatic carbocycles. The Labute approximate surface area is 121 Å². The van der Waals surface area contributed by atoms with E-state index in [9.17, 15) is 4.79 Å². The second-order valence-corrected chi connectivity index (χ2v) is 5.39. The first-order valence-electron chi connectivity index (χ1n) is 5.75. The number of hydrogen-bond acceptors (Lipinski definition) is 3. The minimum atomic E-state index is -0.0959. The van der Waals surface area contributed by atoms with Crippen LogP contribution in [0.15, 0.2) is 47.6 Å². The second-order valence-electron chi connectivity index (χ2n) is 3.99. The summed E-state index contributed by atoms with van der Waals surface area (Å²) < 4.78 is 0. The van der Waals surface area contributed by atoms with E-state index < -0.39 is 0 Å². The fourth-order valence-electron chi connectivity index (χ4n) is 1.48. The van der Waals surface area contributed by atoms with Gasteiger partial charge >= 0.3 is 0 Å². The van der Waals surface area contributed by atoms with Gasteiger partial charge in [-0.3, -0.25) is 4.79 Å². The Morgan fingerprint density at radius 3 is 2.89 bits per heavy atom. The Bertz CT molecular complexity index is 575.